The van der Waals surface area contributed by atoms with Gasteiger partial charge in [0.2, 0.25) is 5.91 Å². The lowest BCUT2D eigenvalue weighted by atomic mass is 9.93. The number of carbonyl (C=O) groups excluding carboxylic acids is 1. The molecule has 124 valence electrons. The molecule has 1 aromatic carbocycles. The SMILES string of the molecule is O=C([C@H]1CC=CCC1)N(CCc1ccccc1)Cc1ccccn1. The summed E-state index contributed by atoms with van der Waals surface area (Å²) in [6.45, 7) is 1.33. The molecule has 0 aliphatic heterocycles. The van der Waals surface area contributed by atoms with E-state index in [0.717, 1.165) is 37.9 Å². The zero-order chi connectivity index (χ0) is 16.6. The molecule has 0 spiro atoms. The minimum absolute atomic E-state index is 0.120. The molecule has 0 fully saturated rings. The van der Waals surface area contributed by atoms with E-state index in [0.29, 0.717) is 6.54 Å². The van der Waals surface area contributed by atoms with Gasteiger partial charge in [-0.25, -0.2) is 0 Å². The molecule has 1 aromatic heterocycles. The van der Waals surface area contributed by atoms with Gasteiger partial charge < -0.3 is 4.90 Å². The molecule has 0 radical (unpaired) electrons. The first-order valence-electron chi connectivity index (χ1n) is 8.70. The van der Waals surface area contributed by atoms with Crippen LogP contribution in [0.25, 0.3) is 0 Å². The molecule has 2 aromatic rings. The predicted molar refractivity (Wildman–Crippen MR) is 96.3 cm³/mol. The summed E-state index contributed by atoms with van der Waals surface area (Å²) in [5.74, 6) is 0.385. The number of hydrogen-bond acceptors (Lipinski definition) is 2. The van der Waals surface area contributed by atoms with E-state index in [-0.39, 0.29) is 11.8 Å². The largest absolute Gasteiger partial charge is 0.336 e. The molecular formula is C21H24N2O. The van der Waals surface area contributed by atoms with Gasteiger partial charge in [-0.1, -0.05) is 48.6 Å². The first-order chi connectivity index (χ1) is 11.8. The van der Waals surface area contributed by atoms with E-state index in [2.05, 4.69) is 29.3 Å². The molecule has 0 unspecified atom stereocenters. The van der Waals surface area contributed by atoms with Crippen molar-refractivity contribution in [3.63, 3.8) is 0 Å². The molecule has 0 bridgehead atoms. The Hall–Kier alpha value is -2.42. The number of amides is 1. The molecule has 1 amide bonds. The number of carbonyl (C=O) groups is 1. The zero-order valence-corrected chi connectivity index (χ0v) is 14.0. The second-order valence-electron chi connectivity index (χ2n) is 6.30. The highest BCUT2D eigenvalue weighted by molar-refractivity contribution is 5.79. The number of allylic oxidation sites excluding steroid dienone is 2. The fourth-order valence-electron chi connectivity index (χ4n) is 3.14. The van der Waals surface area contributed by atoms with Crippen molar-refractivity contribution in [2.75, 3.05) is 6.54 Å². The van der Waals surface area contributed by atoms with Crippen LogP contribution in [-0.2, 0) is 17.8 Å². The number of nitrogens with zero attached hydrogens (tertiary/aromatic N) is 2. The van der Waals surface area contributed by atoms with Gasteiger partial charge in [-0.05, 0) is 43.4 Å². The Labute approximate surface area is 144 Å². The zero-order valence-electron chi connectivity index (χ0n) is 14.0. The molecule has 1 heterocycles. The summed E-state index contributed by atoms with van der Waals surface area (Å²) in [7, 11) is 0. The Morgan fingerprint density at radius 2 is 1.92 bits per heavy atom. The van der Waals surface area contributed by atoms with Gasteiger partial charge in [0.1, 0.15) is 0 Å². The van der Waals surface area contributed by atoms with Crippen molar-refractivity contribution >= 4 is 5.91 Å². The standard InChI is InChI=1S/C21H24N2O/c24-21(19-11-5-2-6-12-19)23(17-20-13-7-8-15-22-20)16-14-18-9-3-1-4-10-18/h1-5,7-10,13,15,19H,6,11-12,14,16-17H2/t19-/m0/s1. The minimum atomic E-state index is 0.120. The topological polar surface area (TPSA) is 33.2 Å². The maximum absolute atomic E-state index is 13.0. The molecule has 0 N–H and O–H groups in total. The van der Waals surface area contributed by atoms with Crippen LogP contribution >= 0.6 is 0 Å². The predicted octanol–water partition coefficient (Wildman–Crippen LogP) is 4.01. The molecular weight excluding hydrogens is 296 g/mol. The lowest BCUT2D eigenvalue weighted by Gasteiger charge is -2.28. The highest BCUT2D eigenvalue weighted by atomic mass is 16.2. The van der Waals surface area contributed by atoms with Crippen molar-refractivity contribution in [3.05, 3.63) is 78.1 Å². The van der Waals surface area contributed by atoms with Crippen LogP contribution in [-0.4, -0.2) is 22.3 Å². The number of pyridine rings is 1. The summed E-state index contributed by atoms with van der Waals surface area (Å²) in [6, 6.07) is 16.2. The van der Waals surface area contributed by atoms with Crippen molar-refractivity contribution in [1.29, 1.82) is 0 Å². The summed E-state index contributed by atoms with van der Waals surface area (Å²) in [6.07, 6.45) is 9.81. The van der Waals surface area contributed by atoms with Crippen molar-refractivity contribution in [3.8, 4) is 0 Å². The monoisotopic (exact) mass is 320 g/mol. The van der Waals surface area contributed by atoms with Gasteiger partial charge in [-0.15, -0.1) is 0 Å². The van der Waals surface area contributed by atoms with E-state index >= 15 is 0 Å². The first-order valence-corrected chi connectivity index (χ1v) is 8.70. The van der Waals surface area contributed by atoms with E-state index in [4.69, 9.17) is 0 Å². The fraction of sp³-hybridized carbons (Fsp3) is 0.333. The lowest BCUT2D eigenvalue weighted by Crippen LogP contribution is -2.37. The summed E-state index contributed by atoms with van der Waals surface area (Å²) in [4.78, 5) is 19.4. The highest BCUT2D eigenvalue weighted by Gasteiger charge is 2.24. The van der Waals surface area contributed by atoms with E-state index in [1.54, 1.807) is 6.20 Å². The smallest absolute Gasteiger partial charge is 0.226 e. The average Bonchev–Trinajstić information content (AvgIpc) is 2.67. The van der Waals surface area contributed by atoms with Gasteiger partial charge in [0.15, 0.2) is 0 Å². The van der Waals surface area contributed by atoms with Crippen LogP contribution in [0.3, 0.4) is 0 Å². The minimum Gasteiger partial charge on any atom is -0.336 e. The molecule has 1 aliphatic rings. The van der Waals surface area contributed by atoms with Crippen LogP contribution in [0.2, 0.25) is 0 Å². The third-order valence-electron chi connectivity index (χ3n) is 4.52. The fourth-order valence-corrected chi connectivity index (χ4v) is 3.14. The van der Waals surface area contributed by atoms with Crippen molar-refractivity contribution < 1.29 is 4.79 Å². The second-order valence-corrected chi connectivity index (χ2v) is 6.30. The molecule has 1 aliphatic carbocycles. The van der Waals surface area contributed by atoms with Crippen LogP contribution in [0.4, 0.5) is 0 Å². The van der Waals surface area contributed by atoms with Crippen LogP contribution < -0.4 is 0 Å². The van der Waals surface area contributed by atoms with Crippen LogP contribution in [0.5, 0.6) is 0 Å². The van der Waals surface area contributed by atoms with Gasteiger partial charge in [-0.2, -0.15) is 0 Å². The number of benzene rings is 1. The lowest BCUT2D eigenvalue weighted by molar-refractivity contribution is -0.136. The van der Waals surface area contributed by atoms with Crippen molar-refractivity contribution in [1.82, 2.24) is 9.88 Å². The Morgan fingerprint density at radius 1 is 1.08 bits per heavy atom. The molecule has 0 saturated carbocycles. The van der Waals surface area contributed by atoms with Gasteiger partial charge in [0, 0.05) is 18.7 Å². The Kier molecular flexibility index (Phi) is 5.78. The Bertz CT molecular complexity index is 667. The van der Waals surface area contributed by atoms with E-state index < -0.39 is 0 Å². The molecule has 3 rings (SSSR count). The molecule has 1 atom stereocenters. The molecule has 3 heteroatoms. The highest BCUT2D eigenvalue weighted by Crippen LogP contribution is 2.21. The Morgan fingerprint density at radius 3 is 2.62 bits per heavy atom. The van der Waals surface area contributed by atoms with Crippen LogP contribution in [0.1, 0.15) is 30.5 Å². The summed E-state index contributed by atoms with van der Waals surface area (Å²) in [5.41, 5.74) is 2.21. The number of aromatic nitrogens is 1. The second kappa shape index (κ2) is 8.44. The number of rotatable bonds is 6. The molecule has 0 saturated heterocycles. The Balaban J connectivity index is 1.69. The van der Waals surface area contributed by atoms with Crippen molar-refractivity contribution in [2.24, 2.45) is 5.92 Å². The van der Waals surface area contributed by atoms with E-state index in [1.165, 1.54) is 5.56 Å². The van der Waals surface area contributed by atoms with Gasteiger partial charge >= 0.3 is 0 Å². The summed E-state index contributed by atoms with van der Waals surface area (Å²) in [5, 5.41) is 0. The van der Waals surface area contributed by atoms with E-state index in [1.807, 2.05) is 41.3 Å². The normalized spacial score (nSPS) is 16.8. The van der Waals surface area contributed by atoms with Gasteiger partial charge in [0.25, 0.3) is 0 Å². The van der Waals surface area contributed by atoms with Gasteiger partial charge in [0.05, 0.1) is 12.2 Å². The van der Waals surface area contributed by atoms with Crippen LogP contribution in [0.15, 0.2) is 66.9 Å². The summed E-state index contributed by atoms with van der Waals surface area (Å²) >= 11 is 0. The maximum Gasteiger partial charge on any atom is 0.226 e. The first kappa shape index (κ1) is 16.4. The summed E-state index contributed by atoms with van der Waals surface area (Å²) < 4.78 is 0. The number of hydrogen-bond donors (Lipinski definition) is 0. The average molecular weight is 320 g/mol. The third kappa shape index (κ3) is 4.54. The van der Waals surface area contributed by atoms with E-state index in [9.17, 15) is 4.79 Å². The van der Waals surface area contributed by atoms with Gasteiger partial charge in [-0.3, -0.25) is 9.78 Å². The quantitative estimate of drug-likeness (QED) is 0.754. The third-order valence-corrected chi connectivity index (χ3v) is 4.52. The van der Waals surface area contributed by atoms with Crippen LogP contribution in [0, 0.1) is 5.92 Å². The van der Waals surface area contributed by atoms with Crippen molar-refractivity contribution in [2.45, 2.75) is 32.2 Å². The molecule has 24 heavy (non-hydrogen) atoms. The maximum atomic E-state index is 13.0. The molecule has 3 nitrogen and oxygen atoms in total.